The van der Waals surface area contributed by atoms with Gasteiger partial charge >= 0.3 is 0 Å². The predicted molar refractivity (Wildman–Crippen MR) is 94.8 cm³/mol. The molecule has 0 aliphatic carbocycles. The van der Waals surface area contributed by atoms with Crippen LogP contribution in [-0.4, -0.2) is 46.6 Å². The number of aromatic nitrogens is 2. The average molecular weight is 339 g/mol. The van der Waals surface area contributed by atoms with Crippen LogP contribution in [0.4, 0.5) is 0 Å². The second kappa shape index (κ2) is 6.95. The van der Waals surface area contributed by atoms with E-state index >= 15 is 0 Å². The number of nitriles is 1. The van der Waals surface area contributed by atoms with Gasteiger partial charge in [0.25, 0.3) is 0 Å². The molecule has 0 bridgehead atoms. The lowest BCUT2D eigenvalue weighted by Crippen LogP contribution is -2.46. The molecule has 1 aliphatic heterocycles. The van der Waals surface area contributed by atoms with Gasteiger partial charge in [-0.15, -0.1) is 0 Å². The van der Waals surface area contributed by atoms with Crippen molar-refractivity contribution in [1.29, 1.82) is 5.26 Å². The summed E-state index contributed by atoms with van der Waals surface area (Å²) in [6, 6.07) is 10.8. The smallest absolute Gasteiger partial charge is 0.245 e. The minimum absolute atomic E-state index is 0.103. The van der Waals surface area contributed by atoms with Crippen LogP contribution in [-0.2, 0) is 12.0 Å². The predicted octanol–water partition coefficient (Wildman–Crippen LogP) is 2.67. The molecule has 0 spiro atoms. The van der Waals surface area contributed by atoms with Gasteiger partial charge in [-0.2, -0.15) is 10.2 Å². The van der Waals surface area contributed by atoms with Crippen LogP contribution < -0.4 is 0 Å². The Kier molecular flexibility index (Phi) is 4.89. The third kappa shape index (κ3) is 3.73. The van der Waals surface area contributed by atoms with Gasteiger partial charge in [0.15, 0.2) is 5.82 Å². The van der Waals surface area contributed by atoms with Gasteiger partial charge in [0.2, 0.25) is 5.89 Å². The zero-order valence-electron chi connectivity index (χ0n) is 15.4. The van der Waals surface area contributed by atoms with Crippen LogP contribution in [0.3, 0.4) is 0 Å². The highest BCUT2D eigenvalue weighted by molar-refractivity contribution is 5.37. The largest absolute Gasteiger partial charge is 0.338 e. The lowest BCUT2D eigenvalue weighted by molar-refractivity contribution is 0.0712. The molecular formula is C19H25N5O. The van der Waals surface area contributed by atoms with Gasteiger partial charge in [0.05, 0.1) is 11.5 Å². The molecule has 3 rings (SSSR count). The highest BCUT2D eigenvalue weighted by atomic mass is 16.5. The first-order valence-corrected chi connectivity index (χ1v) is 8.63. The molecule has 25 heavy (non-hydrogen) atoms. The Bertz CT molecular complexity index is 776. The standard InChI is InChI=1S/C19H25N5O/c1-14-21-18(25-22-14)17-12-24(10-9-23(17)4)11-15-7-5-6-8-16(15)19(2,3)13-20/h5-8,17H,9-12H2,1-4H3. The molecule has 1 aromatic carbocycles. The maximum atomic E-state index is 9.51. The van der Waals surface area contributed by atoms with E-state index in [1.54, 1.807) is 0 Å². The normalized spacial score (nSPS) is 19.7. The van der Waals surface area contributed by atoms with Gasteiger partial charge in [-0.25, -0.2) is 0 Å². The Morgan fingerprint density at radius 2 is 2.08 bits per heavy atom. The van der Waals surface area contributed by atoms with Crippen LogP contribution in [0, 0.1) is 18.3 Å². The van der Waals surface area contributed by atoms with E-state index in [1.165, 1.54) is 5.56 Å². The Labute approximate surface area is 149 Å². The lowest BCUT2D eigenvalue weighted by atomic mass is 9.83. The van der Waals surface area contributed by atoms with E-state index in [1.807, 2.05) is 32.9 Å². The summed E-state index contributed by atoms with van der Waals surface area (Å²) in [6.07, 6.45) is 0. The van der Waals surface area contributed by atoms with Gasteiger partial charge in [-0.05, 0) is 38.9 Å². The molecule has 0 N–H and O–H groups in total. The molecule has 1 aliphatic rings. The molecule has 1 unspecified atom stereocenters. The molecule has 1 saturated heterocycles. The van der Waals surface area contributed by atoms with E-state index in [4.69, 9.17) is 4.52 Å². The average Bonchev–Trinajstić information content (AvgIpc) is 3.03. The number of piperazine rings is 1. The number of rotatable bonds is 4. The van der Waals surface area contributed by atoms with E-state index < -0.39 is 5.41 Å². The molecule has 0 radical (unpaired) electrons. The maximum absolute atomic E-state index is 9.51. The van der Waals surface area contributed by atoms with Gasteiger partial charge < -0.3 is 4.52 Å². The van der Waals surface area contributed by atoms with Crippen molar-refractivity contribution in [2.24, 2.45) is 0 Å². The quantitative estimate of drug-likeness (QED) is 0.853. The third-order valence-electron chi connectivity index (χ3n) is 4.92. The molecule has 0 amide bonds. The van der Waals surface area contributed by atoms with Crippen LogP contribution in [0.5, 0.6) is 0 Å². The first-order valence-electron chi connectivity index (χ1n) is 8.63. The van der Waals surface area contributed by atoms with E-state index in [0.717, 1.165) is 31.7 Å². The highest BCUT2D eigenvalue weighted by Crippen LogP contribution is 2.29. The third-order valence-corrected chi connectivity index (χ3v) is 4.92. The summed E-state index contributed by atoms with van der Waals surface area (Å²) in [5, 5.41) is 13.4. The highest BCUT2D eigenvalue weighted by Gasteiger charge is 2.31. The number of hydrogen-bond acceptors (Lipinski definition) is 6. The molecule has 132 valence electrons. The first kappa shape index (κ1) is 17.6. The summed E-state index contributed by atoms with van der Waals surface area (Å²) in [6.45, 7) is 9.35. The molecule has 1 atom stereocenters. The van der Waals surface area contributed by atoms with Crippen molar-refractivity contribution in [2.75, 3.05) is 26.7 Å². The van der Waals surface area contributed by atoms with Crippen molar-refractivity contribution >= 4 is 0 Å². The number of hydrogen-bond donors (Lipinski definition) is 0. The molecule has 1 fully saturated rings. The Morgan fingerprint density at radius 3 is 2.76 bits per heavy atom. The monoisotopic (exact) mass is 339 g/mol. The maximum Gasteiger partial charge on any atom is 0.245 e. The lowest BCUT2D eigenvalue weighted by Gasteiger charge is -2.38. The molecule has 2 aromatic rings. The minimum Gasteiger partial charge on any atom is -0.338 e. The minimum atomic E-state index is -0.494. The molecule has 1 aromatic heterocycles. The summed E-state index contributed by atoms with van der Waals surface area (Å²) < 4.78 is 5.40. The summed E-state index contributed by atoms with van der Waals surface area (Å²) in [5.41, 5.74) is 1.81. The second-order valence-electron chi connectivity index (χ2n) is 7.31. The van der Waals surface area contributed by atoms with Crippen molar-refractivity contribution in [3.63, 3.8) is 0 Å². The Hall–Kier alpha value is -2.23. The van der Waals surface area contributed by atoms with Crippen molar-refractivity contribution in [3.8, 4) is 6.07 Å². The second-order valence-corrected chi connectivity index (χ2v) is 7.31. The van der Waals surface area contributed by atoms with E-state index in [-0.39, 0.29) is 6.04 Å². The van der Waals surface area contributed by atoms with E-state index in [9.17, 15) is 5.26 Å². The van der Waals surface area contributed by atoms with Gasteiger partial charge in [-0.3, -0.25) is 9.80 Å². The zero-order valence-corrected chi connectivity index (χ0v) is 15.4. The van der Waals surface area contributed by atoms with Crippen molar-refractivity contribution in [1.82, 2.24) is 19.9 Å². The van der Waals surface area contributed by atoms with Crippen molar-refractivity contribution in [3.05, 3.63) is 47.1 Å². The molecule has 0 saturated carbocycles. The first-order chi connectivity index (χ1) is 11.9. The molecular weight excluding hydrogens is 314 g/mol. The number of benzene rings is 1. The zero-order chi connectivity index (χ0) is 18.0. The fraction of sp³-hybridized carbons (Fsp3) is 0.526. The molecule has 2 heterocycles. The summed E-state index contributed by atoms with van der Waals surface area (Å²) >= 11 is 0. The van der Waals surface area contributed by atoms with E-state index in [0.29, 0.717) is 11.7 Å². The number of nitrogens with zero attached hydrogens (tertiary/aromatic N) is 5. The van der Waals surface area contributed by atoms with Gasteiger partial charge in [-0.1, -0.05) is 29.4 Å². The van der Waals surface area contributed by atoms with Crippen LogP contribution in [0.25, 0.3) is 0 Å². The Morgan fingerprint density at radius 1 is 1.32 bits per heavy atom. The Balaban J connectivity index is 1.79. The fourth-order valence-corrected chi connectivity index (χ4v) is 3.36. The van der Waals surface area contributed by atoms with Gasteiger partial charge in [0, 0.05) is 26.2 Å². The molecule has 6 nitrogen and oxygen atoms in total. The van der Waals surface area contributed by atoms with Crippen molar-refractivity contribution in [2.45, 2.75) is 38.8 Å². The fourth-order valence-electron chi connectivity index (χ4n) is 3.36. The molecule has 6 heteroatoms. The SMILES string of the molecule is Cc1noc(C2CN(Cc3ccccc3C(C)(C)C#N)CCN2C)n1. The van der Waals surface area contributed by atoms with Crippen LogP contribution in [0.2, 0.25) is 0 Å². The van der Waals surface area contributed by atoms with Crippen LogP contribution in [0.15, 0.2) is 28.8 Å². The number of aryl methyl sites for hydroxylation is 1. The van der Waals surface area contributed by atoms with Gasteiger partial charge in [0.1, 0.15) is 6.04 Å². The summed E-state index contributed by atoms with van der Waals surface area (Å²) in [5.74, 6) is 1.34. The van der Waals surface area contributed by atoms with Crippen LogP contribution >= 0.6 is 0 Å². The summed E-state index contributed by atoms with van der Waals surface area (Å²) in [4.78, 5) is 9.06. The van der Waals surface area contributed by atoms with E-state index in [2.05, 4.69) is 45.2 Å². The summed E-state index contributed by atoms with van der Waals surface area (Å²) in [7, 11) is 2.09. The topological polar surface area (TPSA) is 69.2 Å². The van der Waals surface area contributed by atoms with Crippen LogP contribution in [0.1, 0.15) is 42.7 Å². The van der Waals surface area contributed by atoms with Crippen molar-refractivity contribution < 1.29 is 4.52 Å². The number of likely N-dealkylation sites (N-methyl/N-ethyl adjacent to an activating group) is 1.